The van der Waals surface area contributed by atoms with E-state index in [1.807, 2.05) is 12.1 Å². The molecule has 1 aliphatic rings. The van der Waals surface area contributed by atoms with E-state index in [-0.39, 0.29) is 42.3 Å². The van der Waals surface area contributed by atoms with Crippen LogP contribution in [0.1, 0.15) is 29.8 Å². The number of carbonyl (C=O) groups excluding carboxylic acids is 2. The zero-order chi connectivity index (χ0) is 18.2. The Balaban J connectivity index is 0.00000338. The quantitative estimate of drug-likeness (QED) is 0.341. The molecule has 0 saturated carbocycles. The van der Waals surface area contributed by atoms with Gasteiger partial charge in [0, 0.05) is 38.8 Å². The maximum Gasteiger partial charge on any atom is 0.254 e. The zero-order valence-corrected chi connectivity index (χ0v) is 17.9. The van der Waals surface area contributed by atoms with Crippen LogP contribution in [-0.2, 0) is 11.3 Å². The van der Waals surface area contributed by atoms with Gasteiger partial charge in [-0.3, -0.25) is 14.6 Å². The Morgan fingerprint density at radius 3 is 2.54 bits per heavy atom. The van der Waals surface area contributed by atoms with Gasteiger partial charge in [0.15, 0.2) is 5.96 Å². The number of rotatable bonds is 5. The summed E-state index contributed by atoms with van der Waals surface area (Å²) in [6.45, 7) is 6.94. The lowest BCUT2D eigenvalue weighted by atomic mass is 10.1. The number of nitrogens with zero attached hydrogens (tertiary/aromatic N) is 2. The van der Waals surface area contributed by atoms with Crippen molar-refractivity contribution in [1.29, 1.82) is 0 Å². The summed E-state index contributed by atoms with van der Waals surface area (Å²) in [5, 5.41) is 9.22. The third kappa shape index (κ3) is 6.81. The SMILES string of the molecule is CN=C(NCc1ccc(C(=O)N2CCNC(=O)C2)cc1)NCC(C)C.I. The van der Waals surface area contributed by atoms with Crippen molar-refractivity contribution in [3.05, 3.63) is 35.4 Å². The zero-order valence-electron chi connectivity index (χ0n) is 15.5. The lowest BCUT2D eigenvalue weighted by Gasteiger charge is -2.26. The number of nitrogens with one attached hydrogen (secondary N) is 3. The number of benzene rings is 1. The molecule has 0 aliphatic carbocycles. The van der Waals surface area contributed by atoms with Gasteiger partial charge in [-0.25, -0.2) is 0 Å². The van der Waals surface area contributed by atoms with E-state index in [0.717, 1.165) is 18.1 Å². The predicted octanol–water partition coefficient (Wildman–Crippen LogP) is 1.20. The normalized spacial score (nSPS) is 14.5. The summed E-state index contributed by atoms with van der Waals surface area (Å²) in [6, 6.07) is 7.44. The van der Waals surface area contributed by atoms with Crippen LogP contribution in [0, 0.1) is 5.92 Å². The van der Waals surface area contributed by atoms with Gasteiger partial charge in [-0.1, -0.05) is 26.0 Å². The minimum atomic E-state index is -0.110. The van der Waals surface area contributed by atoms with Crippen LogP contribution in [0.2, 0.25) is 0 Å². The minimum absolute atomic E-state index is 0. The number of aliphatic imine (C=N–C) groups is 1. The Morgan fingerprint density at radius 1 is 1.27 bits per heavy atom. The molecule has 0 aromatic heterocycles. The smallest absolute Gasteiger partial charge is 0.254 e. The molecule has 0 radical (unpaired) electrons. The van der Waals surface area contributed by atoms with Crippen LogP contribution in [0.15, 0.2) is 29.3 Å². The fraction of sp³-hybridized carbons (Fsp3) is 0.500. The van der Waals surface area contributed by atoms with Gasteiger partial charge in [-0.2, -0.15) is 0 Å². The second-order valence-corrected chi connectivity index (χ2v) is 6.47. The van der Waals surface area contributed by atoms with Crippen LogP contribution >= 0.6 is 24.0 Å². The summed E-state index contributed by atoms with van der Waals surface area (Å²) >= 11 is 0. The first-order chi connectivity index (χ1) is 12.0. The number of carbonyl (C=O) groups is 2. The Morgan fingerprint density at radius 2 is 1.96 bits per heavy atom. The molecule has 0 unspecified atom stereocenters. The number of halogens is 1. The molecule has 2 amide bonds. The molecule has 144 valence electrons. The largest absolute Gasteiger partial charge is 0.356 e. The van der Waals surface area contributed by atoms with E-state index in [4.69, 9.17) is 0 Å². The molecule has 1 aromatic carbocycles. The third-order valence-corrected chi connectivity index (χ3v) is 3.89. The second-order valence-electron chi connectivity index (χ2n) is 6.47. The Kier molecular flexibility index (Phi) is 9.39. The lowest BCUT2D eigenvalue weighted by Crippen LogP contribution is -2.49. The topological polar surface area (TPSA) is 85.8 Å². The highest BCUT2D eigenvalue weighted by atomic mass is 127. The van der Waals surface area contributed by atoms with Crippen LogP contribution in [0.5, 0.6) is 0 Å². The average molecular weight is 473 g/mol. The van der Waals surface area contributed by atoms with E-state index in [0.29, 0.717) is 31.1 Å². The van der Waals surface area contributed by atoms with Crippen molar-refractivity contribution in [1.82, 2.24) is 20.9 Å². The average Bonchev–Trinajstić information content (AvgIpc) is 2.61. The minimum Gasteiger partial charge on any atom is -0.356 e. The van der Waals surface area contributed by atoms with Crippen molar-refractivity contribution >= 4 is 41.8 Å². The van der Waals surface area contributed by atoms with E-state index in [1.54, 1.807) is 24.1 Å². The molecule has 8 heteroatoms. The molecule has 1 saturated heterocycles. The van der Waals surface area contributed by atoms with Crippen molar-refractivity contribution in [2.75, 3.05) is 33.2 Å². The maximum atomic E-state index is 12.4. The first-order valence-corrected chi connectivity index (χ1v) is 8.59. The van der Waals surface area contributed by atoms with Gasteiger partial charge in [-0.15, -0.1) is 24.0 Å². The van der Waals surface area contributed by atoms with Gasteiger partial charge in [-0.05, 0) is 23.6 Å². The molecule has 1 fully saturated rings. The van der Waals surface area contributed by atoms with E-state index < -0.39 is 0 Å². The first-order valence-electron chi connectivity index (χ1n) is 8.59. The van der Waals surface area contributed by atoms with Crippen LogP contribution in [0.25, 0.3) is 0 Å². The van der Waals surface area contributed by atoms with E-state index in [1.165, 1.54) is 0 Å². The van der Waals surface area contributed by atoms with Crippen molar-refractivity contribution < 1.29 is 9.59 Å². The summed E-state index contributed by atoms with van der Waals surface area (Å²) in [7, 11) is 1.74. The number of piperazine rings is 1. The molecule has 7 nitrogen and oxygen atoms in total. The maximum absolute atomic E-state index is 12.4. The molecule has 1 heterocycles. The highest BCUT2D eigenvalue weighted by Gasteiger charge is 2.21. The summed E-state index contributed by atoms with van der Waals surface area (Å²) in [5.41, 5.74) is 1.65. The monoisotopic (exact) mass is 473 g/mol. The fourth-order valence-corrected chi connectivity index (χ4v) is 2.47. The van der Waals surface area contributed by atoms with E-state index >= 15 is 0 Å². The summed E-state index contributed by atoms with van der Waals surface area (Å²) < 4.78 is 0. The van der Waals surface area contributed by atoms with Gasteiger partial charge in [0.1, 0.15) is 0 Å². The number of hydrogen-bond donors (Lipinski definition) is 3. The van der Waals surface area contributed by atoms with Crippen LogP contribution in [0.4, 0.5) is 0 Å². The van der Waals surface area contributed by atoms with Crippen molar-refractivity contribution in [2.24, 2.45) is 10.9 Å². The van der Waals surface area contributed by atoms with Gasteiger partial charge in [0.25, 0.3) is 5.91 Å². The standard InChI is InChI=1S/C18H27N5O2.HI/c1-13(2)10-21-18(19-3)22-11-14-4-6-15(7-5-14)17(25)23-9-8-20-16(24)12-23;/h4-7,13H,8-12H2,1-3H3,(H,20,24)(H2,19,21,22);1H. The molecule has 1 aliphatic heterocycles. The molecule has 0 atom stereocenters. The van der Waals surface area contributed by atoms with E-state index in [2.05, 4.69) is 34.8 Å². The van der Waals surface area contributed by atoms with Crippen molar-refractivity contribution in [2.45, 2.75) is 20.4 Å². The fourth-order valence-electron chi connectivity index (χ4n) is 2.47. The molecule has 2 rings (SSSR count). The van der Waals surface area contributed by atoms with Gasteiger partial charge < -0.3 is 20.9 Å². The molecule has 3 N–H and O–H groups in total. The predicted molar refractivity (Wildman–Crippen MR) is 114 cm³/mol. The van der Waals surface area contributed by atoms with Crippen LogP contribution in [-0.4, -0.2) is 55.9 Å². The van der Waals surface area contributed by atoms with E-state index in [9.17, 15) is 9.59 Å². The molecule has 0 bridgehead atoms. The second kappa shape index (κ2) is 11.0. The Hall–Kier alpha value is -1.84. The lowest BCUT2D eigenvalue weighted by molar-refractivity contribution is -0.123. The van der Waals surface area contributed by atoms with Crippen LogP contribution in [0.3, 0.4) is 0 Å². The van der Waals surface area contributed by atoms with Gasteiger partial charge in [0.05, 0.1) is 6.54 Å². The number of amides is 2. The number of guanidine groups is 1. The third-order valence-electron chi connectivity index (χ3n) is 3.89. The van der Waals surface area contributed by atoms with Crippen molar-refractivity contribution in [3.63, 3.8) is 0 Å². The van der Waals surface area contributed by atoms with Gasteiger partial charge in [0.2, 0.25) is 5.91 Å². The van der Waals surface area contributed by atoms with Crippen LogP contribution < -0.4 is 16.0 Å². The molecular weight excluding hydrogens is 445 g/mol. The Bertz CT molecular complexity index is 631. The molecule has 26 heavy (non-hydrogen) atoms. The highest BCUT2D eigenvalue weighted by Crippen LogP contribution is 2.09. The summed E-state index contributed by atoms with van der Waals surface area (Å²) in [5.74, 6) is 1.08. The molecule has 0 spiro atoms. The first kappa shape index (κ1) is 22.2. The Labute approximate surface area is 172 Å². The molecule has 1 aromatic rings. The number of hydrogen-bond acceptors (Lipinski definition) is 3. The van der Waals surface area contributed by atoms with Gasteiger partial charge >= 0.3 is 0 Å². The summed E-state index contributed by atoms with van der Waals surface area (Å²) in [4.78, 5) is 29.6. The molecular formula is C18H28IN5O2. The summed E-state index contributed by atoms with van der Waals surface area (Å²) in [6.07, 6.45) is 0. The highest BCUT2D eigenvalue weighted by molar-refractivity contribution is 14.0. The van der Waals surface area contributed by atoms with Crippen molar-refractivity contribution in [3.8, 4) is 0 Å².